The van der Waals surface area contributed by atoms with Crippen molar-refractivity contribution in [1.82, 2.24) is 0 Å². The highest BCUT2D eigenvalue weighted by atomic mass is 19.4. The minimum Gasteiger partial charge on any atom is -0.507 e. The van der Waals surface area contributed by atoms with Crippen molar-refractivity contribution in [1.29, 1.82) is 0 Å². The fraction of sp³-hybridized carbons (Fsp3) is 0.400. The van der Waals surface area contributed by atoms with Crippen molar-refractivity contribution in [3.05, 3.63) is 64.2 Å². The van der Waals surface area contributed by atoms with Crippen LogP contribution in [-0.2, 0) is 6.18 Å². The molecule has 2 nitrogen and oxygen atoms in total. The molecule has 0 heterocycles. The molecule has 0 aliphatic carbocycles. The summed E-state index contributed by atoms with van der Waals surface area (Å²) in [7, 11) is 0. The third-order valence-corrected chi connectivity index (χ3v) is 4.30. The number of rotatable bonds is 4. The molecule has 136 valence electrons. The van der Waals surface area contributed by atoms with E-state index >= 15 is 0 Å². The Morgan fingerprint density at radius 3 is 1.60 bits per heavy atom. The van der Waals surface area contributed by atoms with Gasteiger partial charge in [0.25, 0.3) is 0 Å². The van der Waals surface area contributed by atoms with Crippen molar-refractivity contribution in [3.63, 3.8) is 0 Å². The summed E-state index contributed by atoms with van der Waals surface area (Å²) in [5.41, 5.74) is 1.62. The lowest BCUT2D eigenvalue weighted by Gasteiger charge is -2.20. The number of hydrogen-bond acceptors (Lipinski definition) is 2. The highest BCUT2D eigenvalue weighted by Crippen LogP contribution is 2.38. The van der Waals surface area contributed by atoms with E-state index in [1.165, 1.54) is 12.1 Å². The fourth-order valence-corrected chi connectivity index (χ4v) is 2.79. The molecule has 0 saturated carbocycles. The molecule has 2 aromatic rings. The SMILES string of the molecule is CC(C)c1cc(C(O)c2ccc(C(F)(F)F)cc2)cc(C(C)C)c1O. The Labute approximate surface area is 145 Å². The van der Waals surface area contributed by atoms with Crippen LogP contribution < -0.4 is 0 Å². The number of alkyl halides is 3. The molecule has 2 N–H and O–H groups in total. The second-order valence-corrected chi connectivity index (χ2v) is 6.88. The summed E-state index contributed by atoms with van der Waals surface area (Å²) in [5.74, 6) is 0.322. The van der Waals surface area contributed by atoms with Crippen LogP contribution in [0.25, 0.3) is 0 Å². The average molecular weight is 352 g/mol. The molecule has 0 aromatic heterocycles. The monoisotopic (exact) mass is 352 g/mol. The van der Waals surface area contributed by atoms with Crippen LogP contribution in [0.5, 0.6) is 5.75 Å². The fourth-order valence-electron chi connectivity index (χ4n) is 2.79. The predicted octanol–water partition coefficient (Wildman–Crippen LogP) is 5.74. The maximum atomic E-state index is 12.7. The van der Waals surface area contributed by atoms with Gasteiger partial charge in [0.2, 0.25) is 0 Å². The number of halogens is 3. The van der Waals surface area contributed by atoms with Gasteiger partial charge in [0.05, 0.1) is 5.56 Å². The molecule has 0 amide bonds. The van der Waals surface area contributed by atoms with E-state index in [0.717, 1.165) is 12.1 Å². The van der Waals surface area contributed by atoms with Crippen LogP contribution in [0, 0.1) is 0 Å². The molecule has 5 heteroatoms. The third-order valence-electron chi connectivity index (χ3n) is 4.30. The van der Waals surface area contributed by atoms with Gasteiger partial charge in [-0.05, 0) is 58.4 Å². The first-order valence-corrected chi connectivity index (χ1v) is 8.24. The van der Waals surface area contributed by atoms with Crippen molar-refractivity contribution in [2.75, 3.05) is 0 Å². The molecule has 0 radical (unpaired) electrons. The van der Waals surface area contributed by atoms with E-state index in [9.17, 15) is 23.4 Å². The zero-order valence-electron chi connectivity index (χ0n) is 14.7. The van der Waals surface area contributed by atoms with Gasteiger partial charge in [-0.15, -0.1) is 0 Å². The van der Waals surface area contributed by atoms with Crippen LogP contribution in [0.2, 0.25) is 0 Å². The molecule has 0 aliphatic heterocycles. The highest BCUT2D eigenvalue weighted by Gasteiger charge is 2.30. The zero-order valence-corrected chi connectivity index (χ0v) is 14.7. The Morgan fingerprint density at radius 1 is 0.800 bits per heavy atom. The number of aliphatic hydroxyl groups excluding tert-OH is 1. The van der Waals surface area contributed by atoms with Gasteiger partial charge in [0, 0.05) is 0 Å². The molecule has 2 rings (SSSR count). The van der Waals surface area contributed by atoms with Gasteiger partial charge in [0.1, 0.15) is 11.9 Å². The van der Waals surface area contributed by atoms with Gasteiger partial charge in [-0.2, -0.15) is 13.2 Å². The molecule has 0 aliphatic rings. The molecule has 0 spiro atoms. The Morgan fingerprint density at radius 2 is 1.24 bits per heavy atom. The maximum Gasteiger partial charge on any atom is 0.416 e. The van der Waals surface area contributed by atoms with Crippen LogP contribution in [0.4, 0.5) is 13.2 Å². The molecule has 0 fully saturated rings. The van der Waals surface area contributed by atoms with Crippen molar-refractivity contribution in [3.8, 4) is 5.75 Å². The lowest BCUT2D eigenvalue weighted by atomic mass is 9.88. The third kappa shape index (κ3) is 4.15. The number of phenolic OH excluding ortho intramolecular Hbond substituents is 1. The summed E-state index contributed by atoms with van der Waals surface area (Å²) >= 11 is 0. The van der Waals surface area contributed by atoms with Crippen LogP contribution in [-0.4, -0.2) is 10.2 Å². The van der Waals surface area contributed by atoms with Gasteiger partial charge in [-0.1, -0.05) is 39.8 Å². The topological polar surface area (TPSA) is 40.5 Å². The summed E-state index contributed by atoms with van der Waals surface area (Å²) < 4.78 is 38.0. The predicted molar refractivity (Wildman–Crippen MR) is 91.8 cm³/mol. The average Bonchev–Trinajstić information content (AvgIpc) is 2.53. The lowest BCUT2D eigenvalue weighted by molar-refractivity contribution is -0.137. The quantitative estimate of drug-likeness (QED) is 0.737. The van der Waals surface area contributed by atoms with E-state index in [1.54, 1.807) is 12.1 Å². The van der Waals surface area contributed by atoms with E-state index in [4.69, 9.17) is 0 Å². The summed E-state index contributed by atoms with van der Waals surface area (Å²) in [6.45, 7) is 7.75. The number of benzene rings is 2. The van der Waals surface area contributed by atoms with Gasteiger partial charge in [-0.3, -0.25) is 0 Å². The van der Waals surface area contributed by atoms with Crippen molar-refractivity contribution >= 4 is 0 Å². The summed E-state index contributed by atoms with van der Waals surface area (Å²) in [5, 5.41) is 21.1. The zero-order chi connectivity index (χ0) is 18.9. The van der Waals surface area contributed by atoms with Crippen molar-refractivity contribution in [2.24, 2.45) is 0 Å². The number of phenols is 1. The summed E-state index contributed by atoms with van der Waals surface area (Å²) in [6, 6.07) is 7.93. The Kier molecular flexibility index (Phi) is 5.47. The minimum atomic E-state index is -4.41. The molecule has 0 saturated heterocycles. The van der Waals surface area contributed by atoms with Gasteiger partial charge >= 0.3 is 6.18 Å². The second kappa shape index (κ2) is 7.08. The maximum absolute atomic E-state index is 12.7. The van der Waals surface area contributed by atoms with Gasteiger partial charge in [-0.25, -0.2) is 0 Å². The summed E-state index contributed by atoms with van der Waals surface area (Å²) in [4.78, 5) is 0. The minimum absolute atomic E-state index is 0.0530. The molecular weight excluding hydrogens is 329 g/mol. The highest BCUT2D eigenvalue weighted by molar-refractivity contribution is 5.48. The van der Waals surface area contributed by atoms with Gasteiger partial charge in [0.15, 0.2) is 0 Å². The van der Waals surface area contributed by atoms with Crippen molar-refractivity contribution < 1.29 is 23.4 Å². The van der Waals surface area contributed by atoms with Gasteiger partial charge < -0.3 is 10.2 Å². The molecule has 1 unspecified atom stereocenters. The first-order valence-electron chi connectivity index (χ1n) is 8.24. The second-order valence-electron chi connectivity index (χ2n) is 6.88. The molecule has 25 heavy (non-hydrogen) atoms. The molecule has 1 atom stereocenters. The van der Waals surface area contributed by atoms with E-state index in [2.05, 4.69) is 0 Å². The van der Waals surface area contributed by atoms with Crippen LogP contribution >= 0.6 is 0 Å². The van der Waals surface area contributed by atoms with E-state index < -0.39 is 17.8 Å². The summed E-state index contributed by atoms with van der Waals surface area (Å²) in [6.07, 6.45) is -5.46. The standard InChI is InChI=1S/C20H23F3O2/c1-11(2)16-9-14(10-17(12(3)4)19(16)25)18(24)13-5-7-15(8-6-13)20(21,22)23/h5-12,18,24-25H,1-4H3. The molecule has 0 bridgehead atoms. The first-order chi connectivity index (χ1) is 11.5. The molecular formula is C20H23F3O2. The van der Waals surface area contributed by atoms with Crippen LogP contribution in [0.3, 0.4) is 0 Å². The van der Waals surface area contributed by atoms with Crippen LogP contribution in [0.1, 0.15) is 73.5 Å². The van der Waals surface area contributed by atoms with Crippen molar-refractivity contribution in [2.45, 2.75) is 51.8 Å². The Hall–Kier alpha value is -2.01. The molecule has 2 aromatic carbocycles. The Bertz CT molecular complexity index is 703. The van der Waals surface area contributed by atoms with E-state index in [0.29, 0.717) is 22.3 Å². The number of aromatic hydroxyl groups is 1. The largest absolute Gasteiger partial charge is 0.507 e. The number of hydrogen-bond donors (Lipinski definition) is 2. The van der Waals surface area contributed by atoms with E-state index in [1.807, 2.05) is 27.7 Å². The first kappa shape index (κ1) is 19.3. The normalized spacial score (nSPS) is 13.5. The Balaban J connectivity index is 2.46. The number of aliphatic hydroxyl groups is 1. The smallest absolute Gasteiger partial charge is 0.416 e. The van der Waals surface area contributed by atoms with E-state index in [-0.39, 0.29) is 17.6 Å². The van der Waals surface area contributed by atoms with Crippen LogP contribution in [0.15, 0.2) is 36.4 Å². The lowest BCUT2D eigenvalue weighted by Crippen LogP contribution is -2.07.